The molecule has 2 unspecified atom stereocenters. The van der Waals surface area contributed by atoms with Gasteiger partial charge in [-0.05, 0) is 25.7 Å². The second-order valence-corrected chi connectivity index (χ2v) is 6.73. The van der Waals surface area contributed by atoms with Gasteiger partial charge in [0.2, 0.25) is 9.05 Å². The number of rotatable bonds is 8. The normalized spacial score (nSPS) is 16.3. The van der Waals surface area contributed by atoms with Crippen LogP contribution in [-0.4, -0.2) is 26.9 Å². The molecule has 0 aromatic rings. The summed E-state index contributed by atoms with van der Waals surface area (Å²) in [5.41, 5.74) is 0. The smallest absolute Gasteiger partial charge is 0.232 e. The number of hydrogen-bond donors (Lipinski definition) is 0. The molecule has 3 nitrogen and oxygen atoms in total. The molecular weight excluding hydrogens is 236 g/mol. The predicted octanol–water partition coefficient (Wildman–Crippen LogP) is 2.79. The van der Waals surface area contributed by atoms with Gasteiger partial charge in [-0.25, -0.2) is 8.42 Å². The summed E-state index contributed by atoms with van der Waals surface area (Å²) in [6.07, 6.45) is 2.90. The third-order valence-corrected chi connectivity index (χ3v) is 3.57. The van der Waals surface area contributed by atoms with E-state index >= 15 is 0 Å². The van der Waals surface area contributed by atoms with Crippen molar-refractivity contribution in [2.75, 3.05) is 12.4 Å². The molecule has 2 atom stereocenters. The fourth-order valence-corrected chi connectivity index (χ4v) is 2.68. The molecule has 0 rings (SSSR count). The van der Waals surface area contributed by atoms with E-state index in [1.807, 2.05) is 20.8 Å². The van der Waals surface area contributed by atoms with Gasteiger partial charge in [0.05, 0.1) is 18.5 Å². The van der Waals surface area contributed by atoms with Gasteiger partial charge in [-0.15, -0.1) is 0 Å². The van der Waals surface area contributed by atoms with Gasteiger partial charge in [-0.2, -0.15) is 0 Å². The quantitative estimate of drug-likeness (QED) is 0.628. The van der Waals surface area contributed by atoms with E-state index in [-0.39, 0.29) is 17.8 Å². The largest absolute Gasteiger partial charge is 0.378 e. The molecule has 0 aromatic heterocycles. The zero-order valence-electron chi connectivity index (χ0n) is 9.70. The summed E-state index contributed by atoms with van der Waals surface area (Å²) in [6.45, 7) is 6.53. The lowest BCUT2D eigenvalue weighted by molar-refractivity contribution is 0.0407. The van der Waals surface area contributed by atoms with Crippen molar-refractivity contribution >= 4 is 19.7 Å². The molecule has 0 aliphatic rings. The van der Waals surface area contributed by atoms with Crippen molar-refractivity contribution in [1.29, 1.82) is 0 Å². The van der Waals surface area contributed by atoms with Crippen LogP contribution < -0.4 is 0 Å². The lowest BCUT2D eigenvalue weighted by atomic mass is 10.1. The van der Waals surface area contributed by atoms with E-state index in [1.165, 1.54) is 0 Å². The van der Waals surface area contributed by atoms with E-state index in [4.69, 9.17) is 15.4 Å². The van der Waals surface area contributed by atoms with Gasteiger partial charge in [-0.1, -0.05) is 20.3 Å². The fraction of sp³-hybridized carbons (Fsp3) is 1.00. The zero-order valence-corrected chi connectivity index (χ0v) is 11.3. The van der Waals surface area contributed by atoms with Gasteiger partial charge in [0.1, 0.15) is 0 Å². The molecule has 0 saturated carbocycles. The Hall–Kier alpha value is 0.200. The maximum absolute atomic E-state index is 10.9. The van der Waals surface area contributed by atoms with Crippen LogP contribution in [0.15, 0.2) is 0 Å². The first-order valence-corrected chi connectivity index (χ1v) is 7.90. The van der Waals surface area contributed by atoms with Crippen molar-refractivity contribution in [2.45, 2.75) is 46.1 Å². The SMILES string of the molecule is CCCC(COC(C)CC)CS(=O)(=O)Cl. The molecule has 0 radical (unpaired) electrons. The molecule has 5 heteroatoms. The van der Waals surface area contributed by atoms with Crippen LogP contribution in [0.3, 0.4) is 0 Å². The molecular formula is C10H21ClO3S. The van der Waals surface area contributed by atoms with Gasteiger partial charge >= 0.3 is 0 Å². The maximum atomic E-state index is 10.9. The molecule has 0 aliphatic heterocycles. The van der Waals surface area contributed by atoms with E-state index in [9.17, 15) is 8.42 Å². The molecule has 0 spiro atoms. The minimum absolute atomic E-state index is 0.0127. The van der Waals surface area contributed by atoms with Gasteiger partial charge in [0.25, 0.3) is 0 Å². The highest BCUT2D eigenvalue weighted by molar-refractivity contribution is 8.13. The molecule has 15 heavy (non-hydrogen) atoms. The second-order valence-electron chi connectivity index (χ2n) is 3.91. The van der Waals surface area contributed by atoms with Crippen molar-refractivity contribution in [2.24, 2.45) is 5.92 Å². The van der Waals surface area contributed by atoms with Crippen LogP contribution in [0.4, 0.5) is 0 Å². The average molecular weight is 257 g/mol. The van der Waals surface area contributed by atoms with Crippen LogP contribution in [0.25, 0.3) is 0 Å². The van der Waals surface area contributed by atoms with Crippen LogP contribution in [-0.2, 0) is 13.8 Å². The predicted molar refractivity (Wildman–Crippen MR) is 63.7 cm³/mol. The van der Waals surface area contributed by atoms with Crippen molar-refractivity contribution in [3.63, 3.8) is 0 Å². The van der Waals surface area contributed by atoms with Crippen LogP contribution in [0.1, 0.15) is 40.0 Å². The molecule has 0 fully saturated rings. The van der Waals surface area contributed by atoms with Crippen LogP contribution in [0, 0.1) is 5.92 Å². The molecule has 0 aromatic carbocycles. The van der Waals surface area contributed by atoms with E-state index < -0.39 is 9.05 Å². The zero-order chi connectivity index (χ0) is 11.9. The second kappa shape index (κ2) is 7.47. The summed E-state index contributed by atoms with van der Waals surface area (Å²) in [5, 5.41) is 0. The standard InChI is InChI=1S/C10H21ClO3S/c1-4-6-10(8-15(11,12)13)7-14-9(3)5-2/h9-10H,4-8H2,1-3H3. The van der Waals surface area contributed by atoms with E-state index in [0.29, 0.717) is 6.61 Å². The lowest BCUT2D eigenvalue weighted by Crippen LogP contribution is -2.21. The Kier molecular flexibility index (Phi) is 7.57. The Morgan fingerprint density at radius 1 is 1.33 bits per heavy atom. The maximum Gasteiger partial charge on any atom is 0.232 e. The lowest BCUT2D eigenvalue weighted by Gasteiger charge is -2.17. The van der Waals surface area contributed by atoms with Crippen molar-refractivity contribution < 1.29 is 13.2 Å². The first-order chi connectivity index (χ1) is 6.89. The monoisotopic (exact) mass is 256 g/mol. The highest BCUT2D eigenvalue weighted by Gasteiger charge is 2.17. The molecule has 92 valence electrons. The third kappa shape index (κ3) is 9.15. The fourth-order valence-electron chi connectivity index (χ4n) is 1.32. The third-order valence-electron chi connectivity index (χ3n) is 2.32. The summed E-state index contributed by atoms with van der Waals surface area (Å²) in [5.74, 6) is 0.0326. The first kappa shape index (κ1) is 15.2. The van der Waals surface area contributed by atoms with Crippen molar-refractivity contribution in [3.05, 3.63) is 0 Å². The highest BCUT2D eigenvalue weighted by atomic mass is 35.7. The van der Waals surface area contributed by atoms with Gasteiger partial charge in [-0.3, -0.25) is 0 Å². The molecule has 0 heterocycles. The number of halogens is 1. The Bertz CT molecular complexity index is 251. The topological polar surface area (TPSA) is 43.4 Å². The van der Waals surface area contributed by atoms with Crippen molar-refractivity contribution in [1.82, 2.24) is 0 Å². The molecule has 0 N–H and O–H groups in total. The average Bonchev–Trinajstić information content (AvgIpc) is 2.11. The summed E-state index contributed by atoms with van der Waals surface area (Å²) < 4.78 is 27.4. The number of hydrogen-bond acceptors (Lipinski definition) is 3. The minimum atomic E-state index is -3.41. The molecule has 0 saturated heterocycles. The number of ether oxygens (including phenoxy) is 1. The van der Waals surface area contributed by atoms with Crippen molar-refractivity contribution in [3.8, 4) is 0 Å². The summed E-state index contributed by atoms with van der Waals surface area (Å²) in [4.78, 5) is 0. The Morgan fingerprint density at radius 3 is 2.33 bits per heavy atom. The van der Waals surface area contributed by atoms with Crippen LogP contribution in [0.2, 0.25) is 0 Å². The summed E-state index contributed by atoms with van der Waals surface area (Å²) in [6, 6.07) is 0. The molecule has 0 amide bonds. The Labute approximate surface area is 97.6 Å². The van der Waals surface area contributed by atoms with E-state index in [2.05, 4.69) is 0 Å². The van der Waals surface area contributed by atoms with Gasteiger partial charge < -0.3 is 4.74 Å². The van der Waals surface area contributed by atoms with E-state index in [0.717, 1.165) is 19.3 Å². The summed E-state index contributed by atoms with van der Waals surface area (Å²) in [7, 11) is 1.82. The van der Waals surface area contributed by atoms with Gasteiger partial charge in [0.15, 0.2) is 0 Å². The van der Waals surface area contributed by atoms with Crippen LogP contribution in [0.5, 0.6) is 0 Å². The Morgan fingerprint density at radius 2 is 1.93 bits per heavy atom. The summed E-state index contributed by atoms with van der Waals surface area (Å²) >= 11 is 0. The minimum Gasteiger partial charge on any atom is -0.378 e. The molecule has 0 bridgehead atoms. The van der Waals surface area contributed by atoms with E-state index in [1.54, 1.807) is 0 Å². The molecule has 0 aliphatic carbocycles. The van der Waals surface area contributed by atoms with Gasteiger partial charge in [0, 0.05) is 10.7 Å². The highest BCUT2D eigenvalue weighted by Crippen LogP contribution is 2.14. The van der Waals surface area contributed by atoms with Crippen LogP contribution >= 0.6 is 10.7 Å². The first-order valence-electron chi connectivity index (χ1n) is 5.43. The Balaban J connectivity index is 4.04.